The smallest absolute Gasteiger partial charge is 0.243 e. The van der Waals surface area contributed by atoms with Crippen LogP contribution >= 0.6 is 0 Å². The van der Waals surface area contributed by atoms with Crippen molar-refractivity contribution in [2.24, 2.45) is 5.41 Å². The summed E-state index contributed by atoms with van der Waals surface area (Å²) in [5.74, 6) is 0.107. The summed E-state index contributed by atoms with van der Waals surface area (Å²) < 4.78 is 0. The van der Waals surface area contributed by atoms with Crippen LogP contribution in [0.25, 0.3) is 0 Å². The molecule has 2 heterocycles. The molecule has 3 aliphatic rings. The van der Waals surface area contributed by atoms with Crippen molar-refractivity contribution >= 4 is 5.91 Å². The van der Waals surface area contributed by atoms with Crippen molar-refractivity contribution in [3.05, 3.63) is 12.7 Å². The van der Waals surface area contributed by atoms with Gasteiger partial charge in [0.2, 0.25) is 5.91 Å². The third-order valence-electron chi connectivity index (χ3n) is 6.15. The zero-order chi connectivity index (χ0) is 15.6. The maximum absolute atomic E-state index is 12.8. The topological polar surface area (TPSA) is 47.3 Å². The normalized spacial score (nSPS) is 27.0. The standard InChI is InChI=1S/C18H27N3O/c1-2-11-21-12-5-8-18(21)9-13-20(14-10-18)16(22)17(15-19)6-3-4-7-17/h2H,1,3-14H2. The number of piperidine rings is 1. The van der Waals surface area contributed by atoms with Gasteiger partial charge in [0.05, 0.1) is 6.07 Å². The largest absolute Gasteiger partial charge is 0.341 e. The Labute approximate surface area is 133 Å². The van der Waals surface area contributed by atoms with Gasteiger partial charge in [-0.1, -0.05) is 18.9 Å². The Morgan fingerprint density at radius 1 is 1.09 bits per heavy atom. The maximum Gasteiger partial charge on any atom is 0.243 e. The molecule has 4 nitrogen and oxygen atoms in total. The molecule has 0 unspecified atom stereocenters. The first-order valence-corrected chi connectivity index (χ1v) is 8.72. The van der Waals surface area contributed by atoms with Gasteiger partial charge in [-0.25, -0.2) is 0 Å². The molecule has 0 radical (unpaired) electrons. The lowest BCUT2D eigenvalue weighted by Crippen LogP contribution is -2.55. The molecule has 1 amide bonds. The molecule has 0 aromatic carbocycles. The van der Waals surface area contributed by atoms with E-state index in [1.165, 1.54) is 12.8 Å². The van der Waals surface area contributed by atoms with Crippen molar-refractivity contribution in [1.29, 1.82) is 5.26 Å². The molecule has 0 N–H and O–H groups in total. The third kappa shape index (κ3) is 2.46. The Morgan fingerprint density at radius 2 is 1.77 bits per heavy atom. The first-order valence-electron chi connectivity index (χ1n) is 8.72. The van der Waals surface area contributed by atoms with E-state index in [0.29, 0.717) is 0 Å². The first kappa shape index (κ1) is 15.6. The number of amides is 1. The van der Waals surface area contributed by atoms with Crippen molar-refractivity contribution in [2.75, 3.05) is 26.2 Å². The zero-order valence-electron chi connectivity index (χ0n) is 13.5. The lowest BCUT2D eigenvalue weighted by Gasteiger charge is -2.46. The summed E-state index contributed by atoms with van der Waals surface area (Å²) in [5.41, 5.74) is -0.429. The molecule has 1 saturated carbocycles. The summed E-state index contributed by atoms with van der Waals surface area (Å²) in [5, 5.41) is 9.52. The lowest BCUT2D eigenvalue weighted by molar-refractivity contribution is -0.141. The van der Waals surface area contributed by atoms with Crippen LogP contribution in [0, 0.1) is 16.7 Å². The number of carbonyl (C=O) groups excluding carboxylic acids is 1. The van der Waals surface area contributed by atoms with E-state index in [-0.39, 0.29) is 11.4 Å². The first-order chi connectivity index (χ1) is 10.7. The highest BCUT2D eigenvalue weighted by Gasteiger charge is 2.48. The van der Waals surface area contributed by atoms with Gasteiger partial charge in [0.1, 0.15) is 5.41 Å². The molecular weight excluding hydrogens is 274 g/mol. The van der Waals surface area contributed by atoms with Gasteiger partial charge in [0.25, 0.3) is 0 Å². The summed E-state index contributed by atoms with van der Waals surface area (Å²) in [7, 11) is 0. The summed E-state index contributed by atoms with van der Waals surface area (Å²) in [6.45, 7) is 7.62. The molecule has 22 heavy (non-hydrogen) atoms. The molecule has 3 rings (SSSR count). The molecule has 2 aliphatic heterocycles. The van der Waals surface area contributed by atoms with Gasteiger partial charge >= 0.3 is 0 Å². The Hall–Kier alpha value is -1.34. The molecule has 0 bridgehead atoms. The van der Waals surface area contributed by atoms with Crippen molar-refractivity contribution in [1.82, 2.24) is 9.80 Å². The predicted octanol–water partition coefficient (Wildman–Crippen LogP) is 2.71. The molecule has 1 spiro atoms. The minimum Gasteiger partial charge on any atom is -0.341 e. The average molecular weight is 301 g/mol. The van der Waals surface area contributed by atoms with Crippen molar-refractivity contribution in [2.45, 2.75) is 56.9 Å². The van der Waals surface area contributed by atoms with Gasteiger partial charge in [-0.15, -0.1) is 6.58 Å². The third-order valence-corrected chi connectivity index (χ3v) is 6.15. The van der Waals surface area contributed by atoms with Gasteiger partial charge < -0.3 is 4.90 Å². The fourth-order valence-corrected chi connectivity index (χ4v) is 4.78. The Balaban J connectivity index is 1.65. The highest BCUT2D eigenvalue weighted by molar-refractivity contribution is 5.86. The van der Waals surface area contributed by atoms with Crippen LogP contribution in [0.3, 0.4) is 0 Å². The van der Waals surface area contributed by atoms with Gasteiger partial charge in [-0.05, 0) is 45.1 Å². The quantitative estimate of drug-likeness (QED) is 0.753. The molecule has 0 atom stereocenters. The summed E-state index contributed by atoms with van der Waals surface area (Å²) >= 11 is 0. The second-order valence-corrected chi connectivity index (χ2v) is 7.26. The predicted molar refractivity (Wildman–Crippen MR) is 86.1 cm³/mol. The van der Waals surface area contributed by atoms with Crippen LogP contribution in [0.2, 0.25) is 0 Å². The van der Waals surface area contributed by atoms with Crippen LogP contribution in [-0.2, 0) is 4.79 Å². The fraction of sp³-hybridized carbons (Fsp3) is 0.778. The van der Waals surface area contributed by atoms with Crippen LogP contribution in [0.4, 0.5) is 0 Å². The van der Waals surface area contributed by atoms with Crippen molar-refractivity contribution < 1.29 is 4.79 Å². The van der Waals surface area contributed by atoms with Crippen LogP contribution in [0.5, 0.6) is 0 Å². The number of rotatable bonds is 3. The molecule has 2 saturated heterocycles. The molecule has 0 aromatic rings. The van der Waals surface area contributed by atoms with Gasteiger partial charge in [0.15, 0.2) is 0 Å². The number of likely N-dealkylation sites (tertiary alicyclic amines) is 2. The van der Waals surface area contributed by atoms with E-state index in [0.717, 1.165) is 64.7 Å². The highest BCUT2D eigenvalue weighted by Crippen LogP contribution is 2.42. The van der Waals surface area contributed by atoms with Crippen LogP contribution in [0.15, 0.2) is 12.7 Å². The van der Waals surface area contributed by atoms with E-state index in [1.807, 2.05) is 11.0 Å². The Morgan fingerprint density at radius 3 is 2.36 bits per heavy atom. The monoisotopic (exact) mass is 301 g/mol. The number of hydrogen-bond acceptors (Lipinski definition) is 3. The fourth-order valence-electron chi connectivity index (χ4n) is 4.78. The second-order valence-electron chi connectivity index (χ2n) is 7.26. The minimum atomic E-state index is -0.707. The molecule has 3 fully saturated rings. The summed E-state index contributed by atoms with van der Waals surface area (Å²) in [6.07, 6.45) is 10.1. The molecule has 120 valence electrons. The number of nitriles is 1. The number of carbonyl (C=O) groups is 1. The Bertz CT molecular complexity index is 479. The van der Waals surface area contributed by atoms with E-state index in [2.05, 4.69) is 17.5 Å². The summed E-state index contributed by atoms with van der Waals surface area (Å²) in [4.78, 5) is 17.4. The van der Waals surface area contributed by atoms with Gasteiger partial charge in [0, 0.05) is 25.2 Å². The van der Waals surface area contributed by atoms with Crippen LogP contribution in [-0.4, -0.2) is 47.4 Å². The second kappa shape index (κ2) is 6.04. The average Bonchev–Trinajstić information content (AvgIpc) is 3.17. The van der Waals surface area contributed by atoms with E-state index >= 15 is 0 Å². The van der Waals surface area contributed by atoms with E-state index in [9.17, 15) is 10.1 Å². The molecule has 0 aromatic heterocycles. The van der Waals surface area contributed by atoms with Crippen LogP contribution in [0.1, 0.15) is 51.4 Å². The van der Waals surface area contributed by atoms with E-state index < -0.39 is 5.41 Å². The summed E-state index contributed by atoms with van der Waals surface area (Å²) in [6, 6.07) is 2.35. The van der Waals surface area contributed by atoms with E-state index in [4.69, 9.17) is 0 Å². The SMILES string of the molecule is C=CCN1CCCC12CCN(C(=O)C1(C#N)CCCC1)CC2. The Kier molecular flexibility index (Phi) is 4.27. The number of nitrogens with zero attached hydrogens (tertiary/aromatic N) is 3. The van der Waals surface area contributed by atoms with Crippen molar-refractivity contribution in [3.63, 3.8) is 0 Å². The maximum atomic E-state index is 12.8. The zero-order valence-corrected chi connectivity index (χ0v) is 13.5. The molecule has 4 heteroatoms. The highest BCUT2D eigenvalue weighted by atomic mass is 16.2. The van der Waals surface area contributed by atoms with Crippen molar-refractivity contribution in [3.8, 4) is 6.07 Å². The number of hydrogen-bond donors (Lipinski definition) is 0. The molecule has 1 aliphatic carbocycles. The van der Waals surface area contributed by atoms with Crippen LogP contribution < -0.4 is 0 Å². The van der Waals surface area contributed by atoms with Gasteiger partial charge in [-0.2, -0.15) is 5.26 Å². The van der Waals surface area contributed by atoms with Gasteiger partial charge in [-0.3, -0.25) is 9.69 Å². The van der Waals surface area contributed by atoms with E-state index in [1.54, 1.807) is 0 Å². The lowest BCUT2D eigenvalue weighted by atomic mass is 9.82. The minimum absolute atomic E-state index is 0.107. The molecular formula is C18H27N3O.